The Morgan fingerprint density at radius 3 is 2.67 bits per heavy atom. The molecule has 0 spiro atoms. The minimum atomic E-state index is -4.92. The fourth-order valence-corrected chi connectivity index (χ4v) is 2.89. The number of aromatic nitrogens is 2. The van der Waals surface area contributed by atoms with Crippen LogP contribution in [0.25, 0.3) is 5.69 Å². The molecular weight excluding hydrogens is 372 g/mol. The zero-order valence-electron chi connectivity index (χ0n) is 13.4. The van der Waals surface area contributed by atoms with Crippen molar-refractivity contribution in [3.8, 4) is 23.3 Å². The molecule has 0 amide bonds. The average molecular weight is 382 g/mol. The lowest BCUT2D eigenvalue weighted by Crippen LogP contribution is -2.52. The third-order valence-electron chi connectivity index (χ3n) is 4.16. The second kappa shape index (κ2) is 5.68. The van der Waals surface area contributed by atoms with Crippen LogP contribution < -0.4 is 15.0 Å². The Bertz CT molecular complexity index is 1050. The molecule has 27 heavy (non-hydrogen) atoms. The van der Waals surface area contributed by atoms with Crippen LogP contribution in [-0.4, -0.2) is 28.6 Å². The van der Waals surface area contributed by atoms with Crippen LogP contribution in [0.1, 0.15) is 16.8 Å². The van der Waals surface area contributed by atoms with Gasteiger partial charge in [0, 0.05) is 5.56 Å². The van der Waals surface area contributed by atoms with Crippen molar-refractivity contribution in [2.45, 2.75) is 25.2 Å². The topological polar surface area (TPSA) is 93.2 Å². The molecule has 0 aliphatic carbocycles. The average Bonchev–Trinajstić information content (AvgIpc) is 2.61. The molecule has 0 fully saturated rings. The van der Waals surface area contributed by atoms with E-state index in [-0.39, 0.29) is 17.9 Å². The number of para-hydroxylation sites is 1. The van der Waals surface area contributed by atoms with E-state index in [0.717, 1.165) is 10.7 Å². The van der Waals surface area contributed by atoms with Crippen molar-refractivity contribution in [3.05, 3.63) is 40.5 Å². The van der Waals surface area contributed by atoms with Gasteiger partial charge in [-0.25, -0.2) is 4.68 Å². The highest BCUT2D eigenvalue weighted by Gasteiger charge is 2.66. The number of nitriles is 1. The molecule has 2 aromatic rings. The third-order valence-corrected chi connectivity index (χ3v) is 4.16. The molecule has 140 valence electrons. The molecule has 4 rings (SSSR count). The number of hydrogen-bond acceptors (Lipinski definition) is 6. The second-order valence-electron chi connectivity index (χ2n) is 5.82. The maximum atomic E-state index is 13.6. The molecule has 7 nitrogen and oxygen atoms in total. The lowest BCUT2D eigenvalue weighted by Gasteiger charge is -2.32. The highest BCUT2D eigenvalue weighted by atomic mass is 19.3. The minimum Gasteiger partial charge on any atom is -0.421 e. The summed E-state index contributed by atoms with van der Waals surface area (Å²) in [6.07, 6.45) is -9.41. The summed E-state index contributed by atoms with van der Waals surface area (Å²) in [5, 5.41) is 21.8. The molecule has 1 aromatic heterocycles. The molecule has 0 radical (unpaired) electrons. The molecule has 0 bridgehead atoms. The quantitative estimate of drug-likeness (QED) is 0.764. The summed E-state index contributed by atoms with van der Waals surface area (Å²) < 4.78 is 68.5. The molecule has 0 saturated carbocycles. The van der Waals surface area contributed by atoms with Gasteiger partial charge in [-0.1, -0.05) is 6.07 Å². The van der Waals surface area contributed by atoms with Gasteiger partial charge in [0.25, 0.3) is 0 Å². The van der Waals surface area contributed by atoms with Crippen molar-refractivity contribution in [3.63, 3.8) is 0 Å². The standard InChI is InChI=1S/C16H10F4N4O3/c17-15(18)16(19,20)27-13-11(2-1-3-12(13)26-15)24-14(22)9(6-21)8-4-5-25-7-10(8)23-24/h1-3,22H,4-5,7H2. The van der Waals surface area contributed by atoms with Crippen LogP contribution in [0.15, 0.2) is 18.2 Å². The maximum absolute atomic E-state index is 13.6. The van der Waals surface area contributed by atoms with E-state index < -0.39 is 29.2 Å². The van der Waals surface area contributed by atoms with Crippen molar-refractivity contribution < 1.29 is 31.8 Å². The molecule has 0 saturated heterocycles. The minimum absolute atomic E-state index is 0.00489. The second-order valence-corrected chi connectivity index (χ2v) is 5.82. The number of nitrogens with one attached hydrogen (secondary N) is 1. The van der Waals surface area contributed by atoms with Gasteiger partial charge in [0.1, 0.15) is 17.3 Å². The Labute approximate surface area is 148 Å². The largest absolute Gasteiger partial charge is 0.507 e. The first-order valence-corrected chi connectivity index (χ1v) is 7.70. The predicted molar refractivity (Wildman–Crippen MR) is 78.6 cm³/mol. The van der Waals surface area contributed by atoms with Crippen LogP contribution in [-0.2, 0) is 17.8 Å². The van der Waals surface area contributed by atoms with Gasteiger partial charge in [-0.2, -0.15) is 27.9 Å². The summed E-state index contributed by atoms with van der Waals surface area (Å²) in [7, 11) is 0. The molecule has 2 aliphatic heterocycles. The van der Waals surface area contributed by atoms with Gasteiger partial charge in [-0.05, 0) is 18.6 Å². The number of hydrogen-bond donors (Lipinski definition) is 1. The Morgan fingerprint density at radius 1 is 1.19 bits per heavy atom. The molecule has 1 N–H and O–H groups in total. The Kier molecular flexibility index (Phi) is 3.64. The third kappa shape index (κ3) is 2.52. The molecule has 1 aromatic carbocycles. The van der Waals surface area contributed by atoms with E-state index in [9.17, 15) is 22.8 Å². The van der Waals surface area contributed by atoms with E-state index in [4.69, 9.17) is 10.1 Å². The summed E-state index contributed by atoms with van der Waals surface area (Å²) in [5.74, 6) is -1.34. The molecule has 3 heterocycles. The summed E-state index contributed by atoms with van der Waals surface area (Å²) >= 11 is 0. The van der Waals surface area contributed by atoms with Crippen molar-refractivity contribution in [1.29, 1.82) is 10.7 Å². The van der Waals surface area contributed by atoms with Gasteiger partial charge >= 0.3 is 12.2 Å². The Morgan fingerprint density at radius 2 is 1.93 bits per heavy atom. The lowest BCUT2D eigenvalue weighted by atomic mass is 10.0. The van der Waals surface area contributed by atoms with Crippen molar-refractivity contribution in [2.75, 3.05) is 6.61 Å². The first-order chi connectivity index (χ1) is 12.7. The number of fused-ring (bicyclic) bond motifs is 2. The van der Waals surface area contributed by atoms with E-state index in [0.29, 0.717) is 24.3 Å². The summed E-state index contributed by atoms with van der Waals surface area (Å²) in [5.41, 5.74) is 0.243. The number of alkyl halides is 4. The van der Waals surface area contributed by atoms with Crippen molar-refractivity contribution >= 4 is 0 Å². The smallest absolute Gasteiger partial charge is 0.421 e. The molecular formula is C16H10F4N4O3. The van der Waals surface area contributed by atoms with Gasteiger partial charge in [-0.15, -0.1) is 0 Å². The highest BCUT2D eigenvalue weighted by molar-refractivity contribution is 5.57. The van der Waals surface area contributed by atoms with E-state index in [1.165, 1.54) is 12.1 Å². The van der Waals surface area contributed by atoms with Gasteiger partial charge in [0.2, 0.25) is 0 Å². The Balaban J connectivity index is 1.95. The van der Waals surface area contributed by atoms with E-state index in [1.807, 2.05) is 6.07 Å². The van der Waals surface area contributed by atoms with E-state index >= 15 is 0 Å². The van der Waals surface area contributed by atoms with Crippen LogP contribution >= 0.6 is 0 Å². The van der Waals surface area contributed by atoms with Gasteiger partial charge in [0.05, 0.1) is 18.9 Å². The molecule has 2 aliphatic rings. The monoisotopic (exact) mass is 382 g/mol. The number of halogens is 4. The fraction of sp³-hybridized carbons (Fsp3) is 0.312. The van der Waals surface area contributed by atoms with Crippen molar-refractivity contribution in [1.82, 2.24) is 9.78 Å². The number of nitrogens with zero attached hydrogens (tertiary/aromatic N) is 3. The maximum Gasteiger partial charge on any atom is 0.507 e. The van der Waals surface area contributed by atoms with Crippen LogP contribution in [0.2, 0.25) is 0 Å². The normalized spacial score (nSPS) is 19.1. The number of rotatable bonds is 1. The van der Waals surface area contributed by atoms with Crippen LogP contribution in [0.3, 0.4) is 0 Å². The summed E-state index contributed by atoms with van der Waals surface area (Å²) in [6, 6.07) is 5.42. The summed E-state index contributed by atoms with van der Waals surface area (Å²) in [6.45, 7) is 0.413. The number of benzene rings is 1. The zero-order chi connectivity index (χ0) is 19.4. The van der Waals surface area contributed by atoms with E-state index in [2.05, 4.69) is 14.6 Å². The predicted octanol–water partition coefficient (Wildman–Crippen LogP) is 2.25. The fourth-order valence-electron chi connectivity index (χ4n) is 2.89. The zero-order valence-corrected chi connectivity index (χ0v) is 13.4. The first kappa shape index (κ1) is 17.3. The highest BCUT2D eigenvalue weighted by Crippen LogP contribution is 2.48. The molecule has 11 heteroatoms. The first-order valence-electron chi connectivity index (χ1n) is 7.70. The summed E-state index contributed by atoms with van der Waals surface area (Å²) in [4.78, 5) is 0. The lowest BCUT2D eigenvalue weighted by molar-refractivity contribution is -0.391. The van der Waals surface area contributed by atoms with Crippen LogP contribution in [0.4, 0.5) is 17.6 Å². The van der Waals surface area contributed by atoms with E-state index in [1.54, 1.807) is 0 Å². The van der Waals surface area contributed by atoms with Gasteiger partial charge in [-0.3, -0.25) is 5.41 Å². The molecule has 0 atom stereocenters. The van der Waals surface area contributed by atoms with Crippen LogP contribution in [0, 0.1) is 16.7 Å². The van der Waals surface area contributed by atoms with Crippen molar-refractivity contribution in [2.24, 2.45) is 0 Å². The van der Waals surface area contributed by atoms with Gasteiger partial charge in [0.15, 0.2) is 17.0 Å². The Hall–Kier alpha value is -3.13. The number of ether oxygens (including phenoxy) is 3. The molecule has 0 unspecified atom stereocenters. The van der Waals surface area contributed by atoms with Crippen LogP contribution in [0.5, 0.6) is 11.5 Å². The van der Waals surface area contributed by atoms with Gasteiger partial charge < -0.3 is 14.2 Å². The SMILES string of the molecule is N#Cc1c2c(nn(-c3cccc4c3OC(F)(F)C(F)(F)O4)c1=N)COCC2.